The van der Waals surface area contributed by atoms with Gasteiger partial charge in [-0.2, -0.15) is 0 Å². The number of hydrogen-bond acceptors (Lipinski definition) is 4. The lowest BCUT2D eigenvalue weighted by Crippen LogP contribution is -2.33. The Morgan fingerprint density at radius 3 is 1.09 bits per heavy atom. The lowest BCUT2D eigenvalue weighted by molar-refractivity contribution is -0.134. The number of amides is 1. The number of ether oxygens (including phenoxy) is 2. The first-order chi connectivity index (χ1) is 51.6. The maximum atomic E-state index is 11.8. The van der Waals surface area contributed by atoms with Gasteiger partial charge in [0.2, 0.25) is 5.91 Å². The second kappa shape index (κ2) is 58.9. The van der Waals surface area contributed by atoms with Crippen LogP contribution < -0.4 is 0 Å². The first-order valence-electron chi connectivity index (χ1n) is 49.4. The summed E-state index contributed by atoms with van der Waals surface area (Å²) in [5.41, 5.74) is 1.28. The monoisotopic (exact) mass is 1550 g/mol. The van der Waals surface area contributed by atoms with Gasteiger partial charge in [-0.3, -0.25) is 9.59 Å². The maximum absolute atomic E-state index is 11.8. The molecule has 10 aliphatic carbocycles. The van der Waals surface area contributed by atoms with E-state index in [0.717, 1.165) is 168 Å². The molecule has 1 amide bonds. The Bertz CT molecular complexity index is 2170. The molecule has 0 aromatic carbocycles. The van der Waals surface area contributed by atoms with Gasteiger partial charge in [-0.1, -0.05) is 342 Å². The summed E-state index contributed by atoms with van der Waals surface area (Å²) in [5, 5.41) is 0. The highest BCUT2D eigenvalue weighted by atomic mass is 16.5. The Morgan fingerprint density at radius 1 is 0.327 bits per heavy atom. The molecule has 10 rings (SSSR count). The van der Waals surface area contributed by atoms with Gasteiger partial charge in [0.15, 0.2) is 0 Å². The van der Waals surface area contributed by atoms with Crippen molar-refractivity contribution in [2.45, 2.75) is 476 Å². The van der Waals surface area contributed by atoms with Gasteiger partial charge in [0.25, 0.3) is 0 Å². The molecule has 0 saturated heterocycles. The highest BCUT2D eigenvalue weighted by Gasteiger charge is 2.34. The number of nitrogens with zero attached hydrogens (tertiary/aromatic N) is 1. The van der Waals surface area contributed by atoms with E-state index in [1.54, 1.807) is 4.90 Å². The van der Waals surface area contributed by atoms with Gasteiger partial charge < -0.3 is 14.4 Å². The first-order valence-corrected chi connectivity index (χ1v) is 49.4. The fourth-order valence-corrected chi connectivity index (χ4v) is 21.6. The highest BCUT2D eigenvalue weighted by molar-refractivity contribution is 5.80. The molecular weight excluding hydrogens is 1340 g/mol. The van der Waals surface area contributed by atoms with Gasteiger partial charge >= 0.3 is 0 Å². The molecule has 10 fully saturated rings. The summed E-state index contributed by atoms with van der Waals surface area (Å²) < 4.78 is 10.8. The smallest absolute Gasteiger partial charge is 0.225 e. The maximum Gasteiger partial charge on any atom is 0.225 e. The Kier molecular flexibility index (Phi) is 57.3. The van der Waals surface area contributed by atoms with Gasteiger partial charge in [0, 0.05) is 46.6 Å². The average molecular weight is 1550 g/mol. The van der Waals surface area contributed by atoms with Crippen LogP contribution in [0.2, 0.25) is 0 Å². The predicted molar refractivity (Wildman–Crippen MR) is 490 cm³/mol. The lowest BCUT2D eigenvalue weighted by atomic mass is 9.69. The van der Waals surface area contributed by atoms with Crippen LogP contribution in [0.5, 0.6) is 0 Å². The SMILES string of the molecule is CC(C)C1CCC(C)(C)CC1.CC(C)C1CCCCC1.CC(C)[C@@H]1CCCC(C)(C)C1.CC(C)[C@@H]1CCCC[C@H]1C.CC(C)[C@@H]1CCC[C@H](C(=O)N(C)C)C1.CC(C)[C@@H]1CCC[C@H](C)C1.CC1CCC(C(C)C)CC1.CCC(=O)[C@H]1CCC[C@@H](C(C)C)C1.CO[C@@H]1CCCC[C@H]1C(C)C.CO[C@H]1CCC[C@@H](C(C)C)C1. The number of carbonyl (C=O) groups is 2. The normalized spacial score (nSPS) is 30.6. The molecule has 10 aliphatic rings. The van der Waals surface area contributed by atoms with Crippen molar-refractivity contribution in [1.29, 1.82) is 0 Å². The zero-order chi connectivity index (χ0) is 83.4. The molecule has 13 atom stereocenters. The summed E-state index contributed by atoms with van der Waals surface area (Å²) in [4.78, 5) is 25.1. The van der Waals surface area contributed by atoms with E-state index in [-0.39, 0.29) is 0 Å². The van der Waals surface area contributed by atoms with E-state index in [1.807, 2.05) is 35.2 Å². The molecule has 0 unspecified atom stereocenters. The van der Waals surface area contributed by atoms with E-state index in [1.165, 1.54) is 238 Å². The first kappa shape index (κ1) is 107. The van der Waals surface area contributed by atoms with Crippen LogP contribution in [0.15, 0.2) is 0 Å². The third-order valence-electron chi connectivity index (χ3n) is 30.8. The number of hydrogen-bond donors (Lipinski definition) is 0. The van der Waals surface area contributed by atoms with Crippen LogP contribution >= 0.6 is 0 Å². The molecule has 110 heavy (non-hydrogen) atoms. The van der Waals surface area contributed by atoms with Crippen LogP contribution in [0.25, 0.3) is 0 Å². The molecule has 10 saturated carbocycles. The molecule has 0 aromatic rings. The number of carbonyl (C=O) groups excluding carboxylic acids is 2. The minimum Gasteiger partial charge on any atom is -0.381 e. The van der Waals surface area contributed by atoms with Gasteiger partial charge in [0.05, 0.1) is 12.2 Å². The summed E-state index contributed by atoms with van der Waals surface area (Å²) in [7, 11) is 7.42. The summed E-state index contributed by atoms with van der Waals surface area (Å²) in [6.45, 7) is 65.6. The zero-order valence-electron chi connectivity index (χ0n) is 81.4. The fraction of sp³-hybridized carbons (Fsp3) is 0.981. The van der Waals surface area contributed by atoms with E-state index in [4.69, 9.17) is 9.47 Å². The quantitative estimate of drug-likeness (QED) is 0.164. The predicted octanol–water partition coefficient (Wildman–Crippen LogP) is 33.0. The van der Waals surface area contributed by atoms with Crippen LogP contribution in [0.3, 0.4) is 0 Å². The molecule has 0 aromatic heterocycles. The molecule has 0 aliphatic heterocycles. The molecular formula is C105H207NO4. The Hall–Kier alpha value is -0.940. The molecule has 0 bridgehead atoms. The summed E-state index contributed by atoms with van der Waals surface area (Å²) in [6.07, 6.45) is 59.1. The Labute approximate surface area is 694 Å². The van der Waals surface area contributed by atoms with Gasteiger partial charge in [-0.05, 0) is 263 Å². The third-order valence-corrected chi connectivity index (χ3v) is 30.8. The molecule has 5 nitrogen and oxygen atoms in total. The summed E-state index contributed by atoms with van der Waals surface area (Å²) in [6, 6.07) is 0. The van der Waals surface area contributed by atoms with E-state index in [0.29, 0.717) is 46.6 Å². The van der Waals surface area contributed by atoms with Crippen molar-refractivity contribution in [2.24, 2.45) is 159 Å². The minimum atomic E-state index is 0.297. The second-order valence-corrected chi connectivity index (χ2v) is 44.6. The Morgan fingerprint density at radius 2 is 0.709 bits per heavy atom. The largest absolute Gasteiger partial charge is 0.381 e. The van der Waals surface area contributed by atoms with Gasteiger partial charge in [-0.25, -0.2) is 0 Å². The van der Waals surface area contributed by atoms with E-state index in [2.05, 4.69) is 187 Å². The van der Waals surface area contributed by atoms with Crippen molar-refractivity contribution in [3.05, 3.63) is 0 Å². The number of ketones is 1. The number of Topliss-reactive ketones (excluding diaryl/α,β-unsaturated/α-hetero) is 1. The molecule has 0 heterocycles. The standard InChI is InChI=1S/C12H23NO.C12H22O.2C11H22.2C10H20O.3C10H20.C9H18/c1-9(2)10-6-5-7-11(8-10)12(14)13(3)4;1-4-12(13)11-7-5-6-10(8-11)9(2)3;1-9(2)10-5-7-11(3,4)8-6-10;1-9(2)10-6-5-7-11(3,4)8-10;1-8(2)9-5-4-6-10(7-9)11-3;1-8(2)9-6-4-5-7-10(9)11-3;1-8(2)10-6-4-9(3)5-7-10;1-8(2)10-6-4-5-9(3)7-10;1-8(2)10-7-5-4-6-9(10)3;1-8(2)9-6-4-3-5-7-9/h9-11H,5-8H2,1-4H3;9-11H,4-8H2,1-3H3;2*9-10H,5-8H2,1-4H3;2*8-10H,4-7H2,1-3H3;3*8-10H,4-7H2,1-3H3;8-9H,3-7H2,1-2H3/t2*10-,11+;;10-;2*9-,10+;;2*9-,10+;/m11.110.01./s1. The number of rotatable bonds is 15. The van der Waals surface area contributed by atoms with Crippen LogP contribution in [-0.2, 0) is 19.1 Å². The Balaban J connectivity index is 0.000000612. The zero-order valence-corrected chi connectivity index (χ0v) is 81.4. The van der Waals surface area contributed by atoms with Crippen molar-refractivity contribution >= 4 is 11.7 Å². The van der Waals surface area contributed by atoms with Crippen LogP contribution in [0.4, 0.5) is 0 Å². The molecule has 5 heteroatoms. The third kappa shape index (κ3) is 46.4. The molecule has 0 spiro atoms. The molecule has 656 valence electrons. The molecule has 0 radical (unpaired) electrons. The van der Waals surface area contributed by atoms with Crippen molar-refractivity contribution < 1.29 is 19.1 Å². The van der Waals surface area contributed by atoms with E-state index >= 15 is 0 Å². The average Bonchev–Trinajstić information content (AvgIpc) is 0.981. The van der Waals surface area contributed by atoms with Gasteiger partial charge in [-0.15, -0.1) is 0 Å². The minimum absolute atomic E-state index is 0.297. The van der Waals surface area contributed by atoms with E-state index in [9.17, 15) is 9.59 Å². The van der Waals surface area contributed by atoms with Crippen molar-refractivity contribution in [2.75, 3.05) is 28.3 Å². The topological polar surface area (TPSA) is 55.8 Å². The number of methoxy groups -OCH3 is 2. The van der Waals surface area contributed by atoms with Gasteiger partial charge in [0.1, 0.15) is 5.78 Å². The van der Waals surface area contributed by atoms with E-state index < -0.39 is 0 Å². The summed E-state index contributed by atoms with van der Waals surface area (Å²) in [5.74, 6) is 22.6. The summed E-state index contributed by atoms with van der Waals surface area (Å²) >= 11 is 0. The molecule has 0 N–H and O–H groups in total. The van der Waals surface area contributed by atoms with Crippen LogP contribution in [0.1, 0.15) is 464 Å². The van der Waals surface area contributed by atoms with Crippen molar-refractivity contribution in [1.82, 2.24) is 4.90 Å². The fourth-order valence-electron chi connectivity index (χ4n) is 21.6. The van der Waals surface area contributed by atoms with Crippen molar-refractivity contribution in [3.8, 4) is 0 Å². The highest BCUT2D eigenvalue weighted by Crippen LogP contribution is 2.44. The van der Waals surface area contributed by atoms with Crippen molar-refractivity contribution in [3.63, 3.8) is 0 Å². The van der Waals surface area contributed by atoms with Crippen LogP contribution in [0, 0.1) is 159 Å². The van der Waals surface area contributed by atoms with Crippen LogP contribution in [-0.4, -0.2) is 57.1 Å². The lowest BCUT2D eigenvalue weighted by Gasteiger charge is -2.37. The second-order valence-electron chi connectivity index (χ2n) is 44.6.